The minimum atomic E-state index is -2.34. The highest BCUT2D eigenvalue weighted by Gasteiger charge is 2.09. The zero-order valence-corrected chi connectivity index (χ0v) is 11.8. The number of nitrogens with two attached hydrogens (primary N) is 1. The summed E-state index contributed by atoms with van der Waals surface area (Å²) in [6.45, 7) is 2.07. The van der Waals surface area contributed by atoms with E-state index in [1.165, 1.54) is 4.90 Å². The first kappa shape index (κ1) is 16.4. The van der Waals surface area contributed by atoms with E-state index in [9.17, 15) is 13.6 Å². The van der Waals surface area contributed by atoms with Gasteiger partial charge < -0.3 is 16.0 Å². The molecule has 1 aromatic rings. The number of carbonyl (C=O) groups excluding carboxylic acids is 1. The van der Waals surface area contributed by atoms with Crippen molar-refractivity contribution >= 4 is 17.3 Å². The second-order valence-corrected chi connectivity index (χ2v) is 4.88. The van der Waals surface area contributed by atoms with Gasteiger partial charge in [-0.25, -0.2) is 8.78 Å². The number of nitrogens with one attached hydrogen (secondary N) is 1. The van der Waals surface area contributed by atoms with E-state index >= 15 is 0 Å². The number of anilines is 2. The van der Waals surface area contributed by atoms with E-state index in [-0.39, 0.29) is 12.5 Å². The maximum atomic E-state index is 12.1. The summed E-state index contributed by atoms with van der Waals surface area (Å²) in [6.07, 6.45) is -1.49. The Morgan fingerprint density at radius 2 is 2.15 bits per heavy atom. The van der Waals surface area contributed by atoms with Crippen molar-refractivity contribution in [1.82, 2.24) is 4.90 Å². The van der Waals surface area contributed by atoms with Gasteiger partial charge in [0.2, 0.25) is 5.91 Å². The van der Waals surface area contributed by atoms with Crippen LogP contribution in [0.15, 0.2) is 18.2 Å². The van der Waals surface area contributed by atoms with E-state index in [1.54, 1.807) is 25.2 Å². The largest absolute Gasteiger partial charge is 0.399 e. The normalized spacial score (nSPS) is 11.1. The number of benzene rings is 1. The summed E-state index contributed by atoms with van der Waals surface area (Å²) in [5.41, 5.74) is 7.90. The van der Waals surface area contributed by atoms with Gasteiger partial charge in [-0.15, -0.1) is 0 Å². The molecular formula is C14H21F2N3O. The van der Waals surface area contributed by atoms with Crippen LogP contribution in [0.25, 0.3) is 0 Å². The third kappa shape index (κ3) is 5.97. The number of alkyl halides is 2. The zero-order chi connectivity index (χ0) is 15.1. The lowest BCUT2D eigenvalue weighted by molar-refractivity contribution is -0.116. The lowest BCUT2D eigenvalue weighted by Gasteiger charge is -2.15. The SMILES string of the molecule is Cc1cc(N)ccc1NC(=O)CCCN(C)CC(F)F. The monoisotopic (exact) mass is 285 g/mol. The Kier molecular flexibility index (Phi) is 6.38. The van der Waals surface area contributed by atoms with E-state index < -0.39 is 6.43 Å². The predicted molar refractivity (Wildman–Crippen MR) is 77.0 cm³/mol. The molecule has 20 heavy (non-hydrogen) atoms. The van der Waals surface area contributed by atoms with E-state index in [2.05, 4.69) is 5.32 Å². The van der Waals surface area contributed by atoms with Crippen molar-refractivity contribution in [2.45, 2.75) is 26.2 Å². The van der Waals surface area contributed by atoms with Crippen molar-refractivity contribution in [3.05, 3.63) is 23.8 Å². The van der Waals surface area contributed by atoms with Gasteiger partial charge in [-0.1, -0.05) is 0 Å². The highest BCUT2D eigenvalue weighted by molar-refractivity contribution is 5.91. The number of nitrogens with zero attached hydrogens (tertiary/aromatic N) is 1. The average Bonchev–Trinajstić information content (AvgIpc) is 2.31. The molecule has 1 amide bonds. The topological polar surface area (TPSA) is 58.4 Å². The molecule has 0 atom stereocenters. The van der Waals surface area contributed by atoms with Gasteiger partial charge >= 0.3 is 0 Å². The molecule has 0 aromatic heterocycles. The van der Waals surface area contributed by atoms with Crippen LogP contribution in [0.2, 0.25) is 0 Å². The summed E-state index contributed by atoms with van der Waals surface area (Å²) in [6, 6.07) is 5.26. The molecule has 0 saturated heterocycles. The van der Waals surface area contributed by atoms with Crippen LogP contribution >= 0.6 is 0 Å². The molecule has 6 heteroatoms. The second-order valence-electron chi connectivity index (χ2n) is 4.88. The highest BCUT2D eigenvalue weighted by Crippen LogP contribution is 2.17. The van der Waals surface area contributed by atoms with Crippen molar-refractivity contribution in [3.8, 4) is 0 Å². The molecule has 3 N–H and O–H groups in total. The fourth-order valence-corrected chi connectivity index (χ4v) is 1.88. The molecule has 0 aliphatic carbocycles. The van der Waals surface area contributed by atoms with E-state index in [4.69, 9.17) is 5.73 Å². The fourth-order valence-electron chi connectivity index (χ4n) is 1.88. The zero-order valence-electron chi connectivity index (χ0n) is 11.8. The number of carbonyl (C=O) groups is 1. The van der Waals surface area contributed by atoms with Crippen LogP contribution in [0.3, 0.4) is 0 Å². The molecule has 0 unspecified atom stereocenters. The Morgan fingerprint density at radius 1 is 1.45 bits per heavy atom. The van der Waals surface area contributed by atoms with Crippen LogP contribution in [-0.2, 0) is 4.79 Å². The van der Waals surface area contributed by atoms with E-state index in [1.807, 2.05) is 6.92 Å². The molecular weight excluding hydrogens is 264 g/mol. The Labute approximate surface area is 117 Å². The Morgan fingerprint density at radius 3 is 2.75 bits per heavy atom. The average molecular weight is 285 g/mol. The molecule has 0 radical (unpaired) electrons. The lowest BCUT2D eigenvalue weighted by atomic mass is 10.1. The predicted octanol–water partition coefficient (Wildman–Crippen LogP) is 2.49. The van der Waals surface area contributed by atoms with Crippen molar-refractivity contribution < 1.29 is 13.6 Å². The molecule has 0 fully saturated rings. The third-order valence-corrected chi connectivity index (χ3v) is 2.92. The standard InChI is InChI=1S/C14H21F2N3O/c1-10-8-11(17)5-6-12(10)18-14(20)4-3-7-19(2)9-13(15)16/h5-6,8,13H,3-4,7,9,17H2,1-2H3,(H,18,20). The first-order valence-electron chi connectivity index (χ1n) is 6.51. The number of amides is 1. The summed E-state index contributed by atoms with van der Waals surface area (Å²) >= 11 is 0. The van der Waals surface area contributed by atoms with Crippen molar-refractivity contribution in [2.24, 2.45) is 0 Å². The van der Waals surface area contributed by atoms with Crippen LogP contribution in [0.4, 0.5) is 20.2 Å². The Balaban J connectivity index is 2.33. The first-order valence-corrected chi connectivity index (χ1v) is 6.51. The fraction of sp³-hybridized carbons (Fsp3) is 0.500. The maximum absolute atomic E-state index is 12.1. The first-order chi connectivity index (χ1) is 9.38. The summed E-state index contributed by atoms with van der Waals surface area (Å²) in [5.74, 6) is -0.122. The summed E-state index contributed by atoms with van der Waals surface area (Å²) in [4.78, 5) is 13.3. The molecule has 0 saturated carbocycles. The number of aryl methyl sites for hydroxylation is 1. The molecule has 0 heterocycles. The van der Waals surface area contributed by atoms with E-state index in [0.29, 0.717) is 25.1 Å². The van der Waals surface area contributed by atoms with Crippen molar-refractivity contribution in [1.29, 1.82) is 0 Å². The van der Waals surface area contributed by atoms with Gasteiger partial charge in [0.05, 0.1) is 6.54 Å². The molecule has 112 valence electrons. The van der Waals surface area contributed by atoms with Gasteiger partial charge in [0.25, 0.3) is 6.43 Å². The molecule has 1 aromatic carbocycles. The smallest absolute Gasteiger partial charge is 0.251 e. The summed E-state index contributed by atoms with van der Waals surface area (Å²) in [5, 5.41) is 2.79. The minimum Gasteiger partial charge on any atom is -0.399 e. The maximum Gasteiger partial charge on any atom is 0.251 e. The number of nitrogen functional groups attached to an aromatic ring is 1. The van der Waals surface area contributed by atoms with Gasteiger partial charge in [0, 0.05) is 17.8 Å². The van der Waals surface area contributed by atoms with Crippen LogP contribution in [0, 0.1) is 6.92 Å². The minimum absolute atomic E-state index is 0.122. The van der Waals surface area contributed by atoms with Gasteiger partial charge in [0.1, 0.15) is 0 Å². The lowest BCUT2D eigenvalue weighted by Crippen LogP contribution is -2.26. The number of rotatable bonds is 7. The molecule has 1 rings (SSSR count). The van der Waals surface area contributed by atoms with Gasteiger partial charge in [-0.2, -0.15) is 0 Å². The van der Waals surface area contributed by atoms with Crippen LogP contribution < -0.4 is 11.1 Å². The number of halogens is 2. The quantitative estimate of drug-likeness (QED) is 0.757. The molecule has 0 spiro atoms. The van der Waals surface area contributed by atoms with Crippen LogP contribution in [-0.4, -0.2) is 37.4 Å². The second kappa shape index (κ2) is 7.79. The van der Waals surface area contributed by atoms with Crippen LogP contribution in [0.5, 0.6) is 0 Å². The number of hydrogen-bond donors (Lipinski definition) is 2. The molecule has 4 nitrogen and oxygen atoms in total. The third-order valence-electron chi connectivity index (χ3n) is 2.92. The molecule has 0 aliphatic heterocycles. The van der Waals surface area contributed by atoms with Gasteiger partial charge in [0.15, 0.2) is 0 Å². The Bertz CT molecular complexity index is 452. The summed E-state index contributed by atoms with van der Waals surface area (Å²) in [7, 11) is 1.62. The molecule has 0 bridgehead atoms. The van der Waals surface area contributed by atoms with E-state index in [0.717, 1.165) is 11.3 Å². The van der Waals surface area contributed by atoms with Crippen molar-refractivity contribution in [3.63, 3.8) is 0 Å². The van der Waals surface area contributed by atoms with Gasteiger partial charge in [-0.3, -0.25) is 4.79 Å². The van der Waals surface area contributed by atoms with Gasteiger partial charge in [-0.05, 0) is 50.7 Å². The van der Waals surface area contributed by atoms with Crippen molar-refractivity contribution in [2.75, 3.05) is 31.2 Å². The Hall–Kier alpha value is -1.69. The number of hydrogen-bond acceptors (Lipinski definition) is 3. The molecule has 0 aliphatic rings. The van der Waals surface area contributed by atoms with Crippen LogP contribution in [0.1, 0.15) is 18.4 Å². The summed E-state index contributed by atoms with van der Waals surface area (Å²) < 4.78 is 24.2. The highest BCUT2D eigenvalue weighted by atomic mass is 19.3.